The fraction of sp³-hybridized carbons (Fsp3) is 0.633. The van der Waals surface area contributed by atoms with Crippen molar-refractivity contribution in [3.8, 4) is 5.75 Å². The molecule has 216 valence electrons. The Kier molecular flexibility index (Phi) is 8.09. The van der Waals surface area contributed by atoms with Crippen LogP contribution in [0.2, 0.25) is 0 Å². The fourth-order valence-electron chi connectivity index (χ4n) is 6.77. The highest BCUT2D eigenvalue weighted by Crippen LogP contribution is 2.36. The molecular formula is C30H41N5O5. The molecule has 3 aliphatic heterocycles. The molecule has 4 bridgehead atoms. The highest BCUT2D eigenvalue weighted by molar-refractivity contribution is 5.97. The average Bonchev–Trinajstić information content (AvgIpc) is 3.71. The summed E-state index contributed by atoms with van der Waals surface area (Å²) in [6.45, 7) is 1.67. The third-order valence-electron chi connectivity index (χ3n) is 9.14. The lowest BCUT2D eigenvalue weighted by Crippen LogP contribution is -2.50. The van der Waals surface area contributed by atoms with Gasteiger partial charge in [0.1, 0.15) is 17.7 Å². The fourth-order valence-corrected chi connectivity index (χ4v) is 6.77. The van der Waals surface area contributed by atoms with Gasteiger partial charge in [0.15, 0.2) is 0 Å². The van der Waals surface area contributed by atoms with Crippen LogP contribution in [0, 0.1) is 0 Å². The Balaban J connectivity index is 1.27. The van der Waals surface area contributed by atoms with E-state index in [0.29, 0.717) is 56.2 Å². The van der Waals surface area contributed by atoms with Crippen LogP contribution in [0.1, 0.15) is 79.0 Å². The summed E-state index contributed by atoms with van der Waals surface area (Å²) in [5.74, 6) is 1.66. The zero-order chi connectivity index (χ0) is 27.6. The van der Waals surface area contributed by atoms with Crippen molar-refractivity contribution in [2.75, 3.05) is 19.7 Å². The van der Waals surface area contributed by atoms with E-state index in [0.717, 1.165) is 12.2 Å². The highest BCUT2D eigenvalue weighted by atomic mass is 16.5. The van der Waals surface area contributed by atoms with Gasteiger partial charge in [0.2, 0.25) is 5.91 Å². The molecule has 3 N–H and O–H groups in total. The molecule has 10 nitrogen and oxygen atoms in total. The summed E-state index contributed by atoms with van der Waals surface area (Å²) < 4.78 is 14.4. The Labute approximate surface area is 235 Å². The van der Waals surface area contributed by atoms with E-state index >= 15 is 0 Å². The first kappa shape index (κ1) is 27.2. The van der Waals surface area contributed by atoms with Gasteiger partial charge in [0, 0.05) is 45.0 Å². The van der Waals surface area contributed by atoms with Gasteiger partial charge in [0.05, 0.1) is 37.0 Å². The number of benzene rings is 1. The lowest BCUT2D eigenvalue weighted by molar-refractivity contribution is -0.133. The van der Waals surface area contributed by atoms with Crippen molar-refractivity contribution in [2.45, 2.75) is 94.2 Å². The SMILES string of the molecule is Cn1ccnc1CN1C[C@@H]2C[C@H]1C(=O)NC[C@H]1O[C@H](CCOc3cc(C4CCCC4)ccc3C(=O)N2)CC[C@@H]1O. The molecule has 10 heteroatoms. The molecule has 3 fully saturated rings. The lowest BCUT2D eigenvalue weighted by atomic mass is 9.95. The molecule has 1 aromatic heterocycles. The summed E-state index contributed by atoms with van der Waals surface area (Å²) >= 11 is 0. The van der Waals surface area contributed by atoms with Crippen molar-refractivity contribution < 1.29 is 24.2 Å². The van der Waals surface area contributed by atoms with E-state index in [1.165, 1.54) is 31.2 Å². The van der Waals surface area contributed by atoms with Gasteiger partial charge in [-0.3, -0.25) is 14.5 Å². The number of fused-ring (bicyclic) bond motifs is 5. The zero-order valence-corrected chi connectivity index (χ0v) is 23.3. The van der Waals surface area contributed by atoms with Crippen LogP contribution >= 0.6 is 0 Å². The maximum atomic E-state index is 13.6. The van der Waals surface area contributed by atoms with E-state index in [1.54, 1.807) is 6.20 Å². The molecule has 4 heterocycles. The Morgan fingerprint density at radius 2 is 1.98 bits per heavy atom. The standard InChI is InChI=1S/C30H41N5O5/c1-34-12-11-31-28(34)18-35-17-21-15-24(35)30(38)32-16-27-25(36)9-7-22(40-27)10-13-39-26-14-20(19-4-2-3-5-19)6-8-23(26)29(37)33-21/h6,8,11-12,14,19,21-22,24-25,27,36H,2-5,7,9-10,13,15-18H2,1H3,(H,32,38)(H,33,37)/t21-,22-,24-,25-,27+/m0/s1. The summed E-state index contributed by atoms with van der Waals surface area (Å²) in [5, 5.41) is 16.8. The van der Waals surface area contributed by atoms with Crippen LogP contribution < -0.4 is 15.4 Å². The number of amides is 2. The third kappa shape index (κ3) is 5.89. The van der Waals surface area contributed by atoms with Crippen molar-refractivity contribution in [3.63, 3.8) is 0 Å². The van der Waals surface area contributed by atoms with E-state index in [1.807, 2.05) is 23.9 Å². The summed E-state index contributed by atoms with van der Waals surface area (Å²) in [6, 6.07) is 5.38. The van der Waals surface area contributed by atoms with Crippen LogP contribution in [0.3, 0.4) is 0 Å². The van der Waals surface area contributed by atoms with E-state index in [9.17, 15) is 14.7 Å². The first-order valence-electron chi connectivity index (χ1n) is 14.8. The van der Waals surface area contributed by atoms with Crippen LogP contribution in [-0.2, 0) is 23.1 Å². The number of aryl methyl sites for hydroxylation is 1. The number of aliphatic hydroxyl groups is 1. The molecule has 2 aromatic rings. The van der Waals surface area contributed by atoms with Gasteiger partial charge in [0.25, 0.3) is 5.91 Å². The number of aromatic nitrogens is 2. The van der Waals surface area contributed by atoms with Crippen molar-refractivity contribution in [1.29, 1.82) is 0 Å². The number of ether oxygens (including phenoxy) is 2. The number of hydrogen-bond donors (Lipinski definition) is 3. The first-order valence-corrected chi connectivity index (χ1v) is 14.8. The van der Waals surface area contributed by atoms with E-state index in [-0.39, 0.29) is 30.5 Å². The number of carbonyl (C=O) groups excluding carboxylic acids is 2. The molecule has 4 aliphatic rings. The molecule has 1 aliphatic carbocycles. The second-order valence-electron chi connectivity index (χ2n) is 11.9. The number of hydrogen-bond acceptors (Lipinski definition) is 7. The van der Waals surface area contributed by atoms with Crippen LogP contribution in [0.5, 0.6) is 5.75 Å². The van der Waals surface area contributed by atoms with Gasteiger partial charge in [-0.1, -0.05) is 18.9 Å². The Morgan fingerprint density at radius 1 is 1.12 bits per heavy atom. The molecule has 2 amide bonds. The quantitative estimate of drug-likeness (QED) is 0.536. The minimum atomic E-state index is -0.620. The second kappa shape index (κ2) is 11.9. The number of nitrogens with one attached hydrogen (secondary N) is 2. The smallest absolute Gasteiger partial charge is 0.255 e. The summed E-state index contributed by atoms with van der Waals surface area (Å²) in [5.41, 5.74) is 1.75. The van der Waals surface area contributed by atoms with Gasteiger partial charge < -0.3 is 29.8 Å². The molecule has 1 aromatic carbocycles. The van der Waals surface area contributed by atoms with Gasteiger partial charge in [-0.2, -0.15) is 0 Å². The van der Waals surface area contributed by atoms with Crippen LogP contribution in [0.15, 0.2) is 30.6 Å². The Bertz CT molecular complexity index is 1210. The minimum absolute atomic E-state index is 0.0794. The normalized spacial score (nSPS) is 30.4. The predicted molar refractivity (Wildman–Crippen MR) is 148 cm³/mol. The van der Waals surface area contributed by atoms with Gasteiger partial charge in [-0.25, -0.2) is 4.98 Å². The highest BCUT2D eigenvalue weighted by Gasteiger charge is 2.39. The van der Waals surface area contributed by atoms with Crippen molar-refractivity contribution in [3.05, 3.63) is 47.5 Å². The number of nitrogens with zero attached hydrogens (tertiary/aromatic N) is 3. The van der Waals surface area contributed by atoms with Crippen LogP contribution in [0.4, 0.5) is 0 Å². The second-order valence-corrected chi connectivity index (χ2v) is 11.9. The molecule has 6 rings (SSSR count). The van der Waals surface area contributed by atoms with E-state index in [2.05, 4.69) is 32.7 Å². The van der Waals surface area contributed by atoms with Crippen molar-refractivity contribution in [1.82, 2.24) is 25.1 Å². The molecule has 40 heavy (non-hydrogen) atoms. The molecule has 0 unspecified atom stereocenters. The molecule has 1 saturated carbocycles. The third-order valence-corrected chi connectivity index (χ3v) is 9.14. The van der Waals surface area contributed by atoms with Crippen molar-refractivity contribution in [2.24, 2.45) is 7.05 Å². The number of carbonyl (C=O) groups is 2. The van der Waals surface area contributed by atoms with E-state index < -0.39 is 18.2 Å². The van der Waals surface area contributed by atoms with Gasteiger partial charge >= 0.3 is 0 Å². The molecule has 2 saturated heterocycles. The average molecular weight is 552 g/mol. The number of likely N-dealkylation sites (tertiary alicyclic amines) is 1. The van der Waals surface area contributed by atoms with E-state index in [4.69, 9.17) is 9.47 Å². The van der Waals surface area contributed by atoms with Crippen LogP contribution in [-0.4, -0.2) is 81.5 Å². The van der Waals surface area contributed by atoms with Gasteiger partial charge in [-0.15, -0.1) is 0 Å². The Hall–Kier alpha value is -2.95. The number of imidazole rings is 1. The number of aliphatic hydroxyl groups excluding tert-OH is 1. The maximum Gasteiger partial charge on any atom is 0.255 e. The van der Waals surface area contributed by atoms with Gasteiger partial charge in [-0.05, 0) is 55.7 Å². The molecule has 0 spiro atoms. The molecule has 0 radical (unpaired) electrons. The zero-order valence-electron chi connectivity index (χ0n) is 23.3. The molecule has 5 atom stereocenters. The number of rotatable bonds is 3. The maximum absolute atomic E-state index is 13.6. The van der Waals surface area contributed by atoms with Crippen LogP contribution in [0.25, 0.3) is 0 Å². The summed E-state index contributed by atoms with van der Waals surface area (Å²) in [7, 11) is 1.93. The predicted octanol–water partition coefficient (Wildman–Crippen LogP) is 2.26. The minimum Gasteiger partial charge on any atom is -0.493 e. The summed E-state index contributed by atoms with van der Waals surface area (Å²) in [4.78, 5) is 33.6. The molecular weight excluding hydrogens is 510 g/mol. The topological polar surface area (TPSA) is 118 Å². The summed E-state index contributed by atoms with van der Waals surface area (Å²) in [6.07, 6.45) is 9.76. The largest absolute Gasteiger partial charge is 0.493 e. The lowest BCUT2D eigenvalue weighted by Gasteiger charge is -2.34. The van der Waals surface area contributed by atoms with Crippen molar-refractivity contribution >= 4 is 11.8 Å². The monoisotopic (exact) mass is 551 g/mol. The Morgan fingerprint density at radius 3 is 2.77 bits per heavy atom. The first-order chi connectivity index (χ1) is 19.4.